The van der Waals surface area contributed by atoms with Crippen LogP contribution in [0.3, 0.4) is 0 Å². The zero-order chi connectivity index (χ0) is 18.1. The number of carbonyl (C=O) groups excluding carboxylic acids is 1. The van der Waals surface area contributed by atoms with Crippen LogP contribution in [0, 0.1) is 6.92 Å². The van der Waals surface area contributed by atoms with Gasteiger partial charge in [-0.1, -0.05) is 23.5 Å². The maximum Gasteiger partial charge on any atom is 0.307 e. The average Bonchev–Trinajstić information content (AvgIpc) is 3.23. The molecular formula is C19H21N3O3S. The van der Waals surface area contributed by atoms with E-state index in [-0.39, 0.29) is 16.7 Å². The summed E-state index contributed by atoms with van der Waals surface area (Å²) in [5.41, 5.74) is 2.56. The van der Waals surface area contributed by atoms with E-state index in [9.17, 15) is 9.59 Å². The number of carbonyl (C=O) groups is 1. The molecule has 0 spiro atoms. The fourth-order valence-electron chi connectivity index (χ4n) is 3.51. The number of para-hydroxylation sites is 2. The highest BCUT2D eigenvalue weighted by Crippen LogP contribution is 2.29. The van der Waals surface area contributed by atoms with Crippen LogP contribution in [0.15, 0.2) is 38.9 Å². The molecule has 3 aromatic rings. The van der Waals surface area contributed by atoms with Gasteiger partial charge in [0.15, 0.2) is 11.5 Å². The smallest absolute Gasteiger partial charge is 0.307 e. The molecule has 6 nitrogen and oxygen atoms in total. The summed E-state index contributed by atoms with van der Waals surface area (Å²) >= 11 is 1.18. The number of piperidine rings is 1. The van der Waals surface area contributed by atoms with E-state index in [1.54, 1.807) is 4.57 Å². The summed E-state index contributed by atoms with van der Waals surface area (Å²) in [6.07, 6.45) is 2.25. The third-order valence-corrected chi connectivity index (χ3v) is 5.84. The fraction of sp³-hybridized carbons (Fsp3) is 0.421. The number of aryl methyl sites for hydroxylation is 1. The highest BCUT2D eigenvalue weighted by molar-refractivity contribution is 7.07. The van der Waals surface area contributed by atoms with Crippen molar-refractivity contribution in [3.05, 3.63) is 50.9 Å². The van der Waals surface area contributed by atoms with Gasteiger partial charge in [-0.15, -0.1) is 0 Å². The van der Waals surface area contributed by atoms with Gasteiger partial charge < -0.3 is 13.9 Å². The lowest BCUT2D eigenvalue weighted by atomic mass is 9.97. The standard InChI is InChI=1S/C19H21N3O3S/c1-13-12-26-19(24)22(13)10-8-17(23)21-9-4-5-14(11-21)18-20-15-6-2-3-7-16(15)25-18/h2-3,6-7,12,14H,4-5,8-11H2,1H3/t14-/m0/s1. The first kappa shape index (κ1) is 17.0. The van der Waals surface area contributed by atoms with Crippen LogP contribution in [0.4, 0.5) is 0 Å². The predicted molar refractivity (Wildman–Crippen MR) is 100 cm³/mol. The number of nitrogens with zero attached hydrogens (tertiary/aromatic N) is 3. The van der Waals surface area contributed by atoms with Gasteiger partial charge in [-0.2, -0.15) is 0 Å². The van der Waals surface area contributed by atoms with Crippen molar-refractivity contribution in [3.63, 3.8) is 0 Å². The van der Waals surface area contributed by atoms with Crippen LogP contribution in [0.1, 0.15) is 36.8 Å². The summed E-state index contributed by atoms with van der Waals surface area (Å²) in [5.74, 6) is 0.933. The van der Waals surface area contributed by atoms with E-state index >= 15 is 0 Å². The Morgan fingerprint density at radius 3 is 3.00 bits per heavy atom. The molecule has 1 fully saturated rings. The Balaban J connectivity index is 1.42. The summed E-state index contributed by atoms with van der Waals surface area (Å²) in [6, 6.07) is 7.73. The minimum Gasteiger partial charge on any atom is -0.440 e. The van der Waals surface area contributed by atoms with Crippen molar-refractivity contribution in [2.45, 2.75) is 38.6 Å². The molecular weight excluding hydrogens is 350 g/mol. The minimum atomic E-state index is -0.00158. The van der Waals surface area contributed by atoms with Gasteiger partial charge in [0, 0.05) is 37.1 Å². The van der Waals surface area contributed by atoms with Crippen molar-refractivity contribution >= 4 is 28.3 Å². The van der Waals surface area contributed by atoms with E-state index in [0.717, 1.165) is 36.2 Å². The lowest BCUT2D eigenvalue weighted by molar-refractivity contribution is -0.132. The number of amides is 1. The van der Waals surface area contributed by atoms with E-state index < -0.39 is 0 Å². The average molecular weight is 371 g/mol. The van der Waals surface area contributed by atoms with Crippen molar-refractivity contribution in [2.24, 2.45) is 0 Å². The zero-order valence-electron chi connectivity index (χ0n) is 14.7. The van der Waals surface area contributed by atoms with Gasteiger partial charge in [-0.25, -0.2) is 4.98 Å². The lowest BCUT2D eigenvalue weighted by Gasteiger charge is -2.31. The monoisotopic (exact) mass is 371 g/mol. The maximum atomic E-state index is 12.6. The van der Waals surface area contributed by atoms with Gasteiger partial charge in [0.1, 0.15) is 5.52 Å². The topological polar surface area (TPSA) is 68.3 Å². The molecule has 1 atom stereocenters. The molecule has 0 N–H and O–H groups in total. The molecule has 3 heterocycles. The molecule has 1 aromatic carbocycles. The van der Waals surface area contributed by atoms with Crippen molar-refractivity contribution in [1.82, 2.24) is 14.5 Å². The predicted octanol–water partition coefficient (Wildman–Crippen LogP) is 3.16. The molecule has 26 heavy (non-hydrogen) atoms. The summed E-state index contributed by atoms with van der Waals surface area (Å²) in [7, 11) is 0. The number of hydrogen-bond donors (Lipinski definition) is 0. The third-order valence-electron chi connectivity index (χ3n) is 4.96. The van der Waals surface area contributed by atoms with E-state index in [2.05, 4.69) is 4.98 Å². The highest BCUT2D eigenvalue weighted by atomic mass is 32.1. The molecule has 0 saturated carbocycles. The summed E-state index contributed by atoms with van der Waals surface area (Å²) in [4.78, 5) is 30.9. The Hall–Kier alpha value is -2.41. The molecule has 1 amide bonds. The van der Waals surface area contributed by atoms with Gasteiger partial charge >= 0.3 is 4.87 Å². The molecule has 0 aliphatic carbocycles. The van der Waals surface area contributed by atoms with E-state index in [1.165, 1.54) is 11.3 Å². The van der Waals surface area contributed by atoms with Crippen LogP contribution in [-0.4, -0.2) is 33.4 Å². The van der Waals surface area contributed by atoms with E-state index in [4.69, 9.17) is 4.42 Å². The summed E-state index contributed by atoms with van der Waals surface area (Å²) < 4.78 is 7.56. The molecule has 7 heteroatoms. The molecule has 4 rings (SSSR count). The van der Waals surface area contributed by atoms with Gasteiger partial charge in [0.05, 0.1) is 5.92 Å². The molecule has 0 unspecified atom stereocenters. The van der Waals surface area contributed by atoms with Crippen LogP contribution in [-0.2, 0) is 11.3 Å². The number of benzene rings is 1. The Labute approximate surface area is 155 Å². The molecule has 0 bridgehead atoms. The van der Waals surface area contributed by atoms with Crippen molar-refractivity contribution in [1.29, 1.82) is 0 Å². The lowest BCUT2D eigenvalue weighted by Crippen LogP contribution is -2.39. The Morgan fingerprint density at radius 1 is 1.38 bits per heavy atom. The van der Waals surface area contributed by atoms with Crippen LogP contribution in [0.2, 0.25) is 0 Å². The van der Waals surface area contributed by atoms with Gasteiger partial charge in [0.25, 0.3) is 0 Å². The molecule has 1 aliphatic heterocycles. The van der Waals surface area contributed by atoms with E-state index in [0.29, 0.717) is 25.4 Å². The Morgan fingerprint density at radius 2 is 2.23 bits per heavy atom. The first-order valence-electron chi connectivity index (χ1n) is 8.90. The molecule has 136 valence electrons. The summed E-state index contributed by atoms with van der Waals surface area (Å²) in [5, 5.41) is 1.83. The first-order chi connectivity index (χ1) is 12.6. The number of fused-ring (bicyclic) bond motifs is 1. The largest absolute Gasteiger partial charge is 0.440 e. The number of thiazole rings is 1. The van der Waals surface area contributed by atoms with Crippen LogP contribution in [0.5, 0.6) is 0 Å². The molecule has 0 radical (unpaired) electrons. The highest BCUT2D eigenvalue weighted by Gasteiger charge is 2.28. The first-order valence-corrected chi connectivity index (χ1v) is 9.78. The van der Waals surface area contributed by atoms with E-state index in [1.807, 2.05) is 41.5 Å². The minimum absolute atomic E-state index is 0.00158. The zero-order valence-corrected chi connectivity index (χ0v) is 15.5. The van der Waals surface area contributed by atoms with Gasteiger partial charge in [-0.3, -0.25) is 9.59 Å². The SMILES string of the molecule is Cc1csc(=O)n1CCC(=O)N1CCC[C@H](c2nc3ccccc3o2)C1. The number of likely N-dealkylation sites (tertiary alicyclic amines) is 1. The third kappa shape index (κ3) is 3.31. The number of rotatable bonds is 4. The van der Waals surface area contributed by atoms with Crippen molar-refractivity contribution < 1.29 is 9.21 Å². The number of hydrogen-bond acceptors (Lipinski definition) is 5. The molecule has 2 aromatic heterocycles. The fourth-order valence-corrected chi connectivity index (χ4v) is 4.27. The second-order valence-electron chi connectivity index (χ2n) is 6.74. The van der Waals surface area contributed by atoms with Crippen LogP contribution in [0.25, 0.3) is 11.1 Å². The Bertz CT molecular complexity index is 954. The normalized spacial score (nSPS) is 17.7. The van der Waals surface area contributed by atoms with Crippen LogP contribution >= 0.6 is 11.3 Å². The van der Waals surface area contributed by atoms with Crippen LogP contribution < -0.4 is 4.87 Å². The maximum absolute atomic E-state index is 12.6. The summed E-state index contributed by atoms with van der Waals surface area (Å²) in [6.45, 7) is 3.72. The van der Waals surface area contributed by atoms with Crippen molar-refractivity contribution in [3.8, 4) is 0 Å². The van der Waals surface area contributed by atoms with Gasteiger partial charge in [-0.05, 0) is 31.9 Å². The van der Waals surface area contributed by atoms with Gasteiger partial charge in [0.2, 0.25) is 5.91 Å². The number of aromatic nitrogens is 2. The Kier molecular flexibility index (Phi) is 4.63. The molecule has 1 saturated heterocycles. The molecule has 1 aliphatic rings. The number of oxazole rings is 1. The second-order valence-corrected chi connectivity index (χ2v) is 7.56. The second kappa shape index (κ2) is 7.07. The van der Waals surface area contributed by atoms with Crippen molar-refractivity contribution in [2.75, 3.05) is 13.1 Å². The quantitative estimate of drug-likeness (QED) is 0.706.